The smallest absolute Gasteiger partial charge is 0.127 e. The minimum absolute atomic E-state index is 0.0795. The molecule has 0 radical (unpaired) electrons. The van der Waals surface area contributed by atoms with Crippen LogP contribution in [0.3, 0.4) is 0 Å². The van der Waals surface area contributed by atoms with E-state index in [1.165, 1.54) is 0 Å². The number of aliphatic hydroxyl groups excluding tert-OH is 1. The summed E-state index contributed by atoms with van der Waals surface area (Å²) in [5, 5.41) is 17.6. The summed E-state index contributed by atoms with van der Waals surface area (Å²) in [5.74, 6) is 0.960. The molecule has 0 aliphatic carbocycles. The summed E-state index contributed by atoms with van der Waals surface area (Å²) >= 11 is 5.86. The lowest BCUT2D eigenvalue weighted by atomic mass is 10.2. The van der Waals surface area contributed by atoms with Crippen LogP contribution in [0.5, 0.6) is 0 Å². The third-order valence-electron chi connectivity index (χ3n) is 3.11. The molecule has 0 atom stereocenters. The van der Waals surface area contributed by atoms with E-state index in [2.05, 4.69) is 10.4 Å². The lowest BCUT2D eigenvalue weighted by molar-refractivity contribution is 0.270. The molecule has 0 unspecified atom stereocenters. The van der Waals surface area contributed by atoms with Crippen molar-refractivity contribution in [2.24, 2.45) is 0 Å². The van der Waals surface area contributed by atoms with Gasteiger partial charge in [-0.2, -0.15) is 5.10 Å². The summed E-state index contributed by atoms with van der Waals surface area (Å²) in [6.45, 7) is 5.28. The van der Waals surface area contributed by atoms with Gasteiger partial charge in [-0.15, -0.1) is 0 Å². The number of rotatable bonds is 5. The molecule has 0 bridgehead atoms. The van der Waals surface area contributed by atoms with Crippen molar-refractivity contribution in [3.05, 3.63) is 46.1 Å². The highest BCUT2D eigenvalue weighted by atomic mass is 35.5. The maximum Gasteiger partial charge on any atom is 0.127 e. The molecule has 0 aliphatic rings. The van der Waals surface area contributed by atoms with Crippen LogP contribution in [0.4, 0.5) is 5.82 Å². The fourth-order valence-corrected chi connectivity index (χ4v) is 2.07. The van der Waals surface area contributed by atoms with Crippen LogP contribution in [-0.2, 0) is 13.1 Å². The van der Waals surface area contributed by atoms with Gasteiger partial charge in [0.25, 0.3) is 0 Å². The van der Waals surface area contributed by atoms with Gasteiger partial charge in [-0.25, -0.2) is 4.68 Å². The first kappa shape index (κ1) is 13.9. The molecule has 2 aromatic rings. The molecule has 0 aliphatic heterocycles. The Kier molecular flexibility index (Phi) is 4.45. The summed E-state index contributed by atoms with van der Waals surface area (Å²) in [6.07, 6.45) is 0. The number of aryl methyl sites for hydroxylation is 1. The van der Waals surface area contributed by atoms with Gasteiger partial charge in [-0.1, -0.05) is 23.7 Å². The number of halogens is 1. The Balaban J connectivity index is 2.12. The van der Waals surface area contributed by atoms with Gasteiger partial charge >= 0.3 is 0 Å². The zero-order valence-corrected chi connectivity index (χ0v) is 11.9. The van der Waals surface area contributed by atoms with Crippen LogP contribution in [0.15, 0.2) is 24.3 Å². The van der Waals surface area contributed by atoms with Crippen LogP contribution >= 0.6 is 11.6 Å². The maximum atomic E-state index is 9.06. The molecule has 5 heteroatoms. The van der Waals surface area contributed by atoms with Crippen molar-refractivity contribution in [1.29, 1.82) is 0 Å². The van der Waals surface area contributed by atoms with E-state index in [9.17, 15) is 0 Å². The quantitative estimate of drug-likeness (QED) is 0.885. The van der Waals surface area contributed by atoms with E-state index in [-0.39, 0.29) is 6.61 Å². The van der Waals surface area contributed by atoms with E-state index in [4.69, 9.17) is 16.7 Å². The summed E-state index contributed by atoms with van der Waals surface area (Å²) in [6, 6.07) is 7.73. The number of aromatic nitrogens is 2. The first-order valence-electron chi connectivity index (χ1n) is 6.25. The molecule has 0 fully saturated rings. The SMILES string of the molecule is Cc1nn(CCO)c(NCc2ccc(Cl)cc2)c1C. The third-order valence-corrected chi connectivity index (χ3v) is 3.36. The minimum atomic E-state index is 0.0795. The minimum Gasteiger partial charge on any atom is -0.394 e. The van der Waals surface area contributed by atoms with Crippen molar-refractivity contribution < 1.29 is 5.11 Å². The monoisotopic (exact) mass is 279 g/mol. The molecule has 1 heterocycles. The highest BCUT2D eigenvalue weighted by Gasteiger charge is 2.10. The summed E-state index contributed by atoms with van der Waals surface area (Å²) in [5.41, 5.74) is 3.24. The van der Waals surface area contributed by atoms with Crippen molar-refractivity contribution >= 4 is 17.4 Å². The van der Waals surface area contributed by atoms with Crippen LogP contribution in [-0.4, -0.2) is 21.5 Å². The van der Waals surface area contributed by atoms with Crippen molar-refractivity contribution in [1.82, 2.24) is 9.78 Å². The first-order chi connectivity index (χ1) is 9.11. The van der Waals surface area contributed by atoms with E-state index in [0.29, 0.717) is 13.1 Å². The second kappa shape index (κ2) is 6.08. The van der Waals surface area contributed by atoms with Crippen molar-refractivity contribution in [3.8, 4) is 0 Å². The standard InChI is InChI=1S/C14H18ClN3O/c1-10-11(2)17-18(7-8-19)14(10)16-9-12-3-5-13(15)6-4-12/h3-6,16,19H,7-9H2,1-2H3. The number of aliphatic hydroxyl groups is 1. The molecule has 0 saturated heterocycles. The van der Waals surface area contributed by atoms with Gasteiger partial charge < -0.3 is 10.4 Å². The molecule has 1 aromatic carbocycles. The predicted octanol–water partition coefficient (Wildman–Crippen LogP) is 2.76. The van der Waals surface area contributed by atoms with Gasteiger partial charge in [0, 0.05) is 17.1 Å². The van der Waals surface area contributed by atoms with Crippen LogP contribution in [0.2, 0.25) is 5.02 Å². The number of hydrogen-bond acceptors (Lipinski definition) is 3. The van der Waals surface area contributed by atoms with E-state index < -0.39 is 0 Å². The van der Waals surface area contributed by atoms with E-state index >= 15 is 0 Å². The molecule has 19 heavy (non-hydrogen) atoms. The third kappa shape index (κ3) is 3.28. The van der Waals surface area contributed by atoms with Crippen molar-refractivity contribution in [2.45, 2.75) is 26.9 Å². The molecule has 2 N–H and O–H groups in total. The Morgan fingerprint density at radius 2 is 1.95 bits per heavy atom. The molecule has 0 amide bonds. The van der Waals surface area contributed by atoms with Crippen LogP contribution in [0.1, 0.15) is 16.8 Å². The highest BCUT2D eigenvalue weighted by Crippen LogP contribution is 2.19. The number of nitrogens with zero attached hydrogens (tertiary/aromatic N) is 2. The second-order valence-corrected chi connectivity index (χ2v) is 4.92. The molecule has 102 valence electrons. The molecular weight excluding hydrogens is 262 g/mol. The summed E-state index contributed by atoms with van der Waals surface area (Å²) in [7, 11) is 0. The molecule has 2 rings (SSSR count). The average molecular weight is 280 g/mol. The van der Waals surface area contributed by atoms with Gasteiger partial charge in [0.15, 0.2) is 0 Å². The zero-order chi connectivity index (χ0) is 13.8. The van der Waals surface area contributed by atoms with E-state index in [1.807, 2.05) is 38.1 Å². The lowest BCUT2D eigenvalue weighted by Crippen LogP contribution is -2.10. The number of nitrogens with one attached hydrogen (secondary N) is 1. The first-order valence-corrected chi connectivity index (χ1v) is 6.63. The Labute approximate surface area is 118 Å². The Morgan fingerprint density at radius 1 is 1.26 bits per heavy atom. The van der Waals surface area contributed by atoms with Gasteiger partial charge in [0.1, 0.15) is 5.82 Å². The molecule has 1 aromatic heterocycles. The lowest BCUT2D eigenvalue weighted by Gasteiger charge is -2.10. The van der Waals surface area contributed by atoms with Crippen molar-refractivity contribution in [3.63, 3.8) is 0 Å². The van der Waals surface area contributed by atoms with Crippen LogP contribution in [0, 0.1) is 13.8 Å². The normalized spacial score (nSPS) is 10.7. The van der Waals surface area contributed by atoms with E-state index in [0.717, 1.165) is 27.7 Å². The number of hydrogen-bond donors (Lipinski definition) is 2. The second-order valence-electron chi connectivity index (χ2n) is 4.49. The largest absolute Gasteiger partial charge is 0.394 e. The number of benzene rings is 1. The number of anilines is 1. The molecular formula is C14H18ClN3O. The van der Waals surface area contributed by atoms with Gasteiger partial charge in [0.2, 0.25) is 0 Å². The predicted molar refractivity (Wildman–Crippen MR) is 77.6 cm³/mol. The van der Waals surface area contributed by atoms with Crippen LogP contribution in [0.25, 0.3) is 0 Å². The Hall–Kier alpha value is -1.52. The zero-order valence-electron chi connectivity index (χ0n) is 11.2. The summed E-state index contributed by atoms with van der Waals surface area (Å²) in [4.78, 5) is 0. The fourth-order valence-electron chi connectivity index (χ4n) is 1.94. The van der Waals surface area contributed by atoms with Gasteiger partial charge in [0.05, 0.1) is 18.8 Å². The highest BCUT2D eigenvalue weighted by molar-refractivity contribution is 6.30. The Bertz CT molecular complexity index is 549. The van der Waals surface area contributed by atoms with E-state index in [1.54, 1.807) is 4.68 Å². The van der Waals surface area contributed by atoms with Gasteiger partial charge in [-0.05, 0) is 31.5 Å². The fraction of sp³-hybridized carbons (Fsp3) is 0.357. The summed E-state index contributed by atoms with van der Waals surface area (Å²) < 4.78 is 1.81. The maximum absolute atomic E-state index is 9.06. The van der Waals surface area contributed by atoms with Gasteiger partial charge in [-0.3, -0.25) is 0 Å². The Morgan fingerprint density at radius 3 is 2.58 bits per heavy atom. The molecule has 0 saturated carbocycles. The average Bonchev–Trinajstić information content (AvgIpc) is 2.65. The molecule has 0 spiro atoms. The molecule has 4 nitrogen and oxygen atoms in total. The van der Waals surface area contributed by atoms with Crippen LogP contribution < -0.4 is 5.32 Å². The van der Waals surface area contributed by atoms with Crippen molar-refractivity contribution in [2.75, 3.05) is 11.9 Å². The topological polar surface area (TPSA) is 50.1 Å².